The molecule has 1 nitrogen and oxygen atoms in total. The van der Waals surface area contributed by atoms with Crippen LogP contribution in [0, 0.1) is 5.41 Å². The second kappa shape index (κ2) is 4.97. The van der Waals surface area contributed by atoms with E-state index in [-0.39, 0.29) is 22.0 Å². The van der Waals surface area contributed by atoms with Crippen molar-refractivity contribution in [2.75, 3.05) is 0 Å². The van der Waals surface area contributed by atoms with Gasteiger partial charge in [0, 0.05) is 11.0 Å². The van der Waals surface area contributed by atoms with E-state index in [1.54, 1.807) is 0 Å². The third-order valence-corrected chi connectivity index (χ3v) is 5.61. The number of fused-ring (bicyclic) bond motifs is 1. The molecule has 0 unspecified atom stereocenters. The lowest BCUT2D eigenvalue weighted by Gasteiger charge is -2.42. The predicted molar refractivity (Wildman–Crippen MR) is 90.1 cm³/mol. The Morgan fingerprint density at radius 3 is 2.10 bits per heavy atom. The molecule has 0 atom stereocenters. The first-order valence-electron chi connectivity index (χ1n) is 8.21. The van der Waals surface area contributed by atoms with Crippen LogP contribution in [0.5, 0.6) is 0 Å². The zero-order valence-electron chi connectivity index (χ0n) is 14.8. The van der Waals surface area contributed by atoms with Gasteiger partial charge in [-0.2, -0.15) is 0 Å². The molecule has 0 bridgehead atoms. The molecule has 1 aromatic rings. The average Bonchev–Trinajstić information content (AvgIpc) is 2.43. The summed E-state index contributed by atoms with van der Waals surface area (Å²) in [5, 5.41) is 0. The zero-order chi connectivity index (χ0) is 16.1. The Hall–Kier alpha value is -1.11. The molecule has 0 saturated heterocycles. The Bertz CT molecular complexity index is 561. The van der Waals surface area contributed by atoms with E-state index in [0.29, 0.717) is 0 Å². The molecule has 0 aliphatic heterocycles. The Kier molecular flexibility index (Phi) is 3.85. The van der Waals surface area contributed by atoms with Crippen molar-refractivity contribution in [1.82, 2.24) is 0 Å². The van der Waals surface area contributed by atoms with Gasteiger partial charge in [0.05, 0.1) is 0 Å². The molecule has 21 heavy (non-hydrogen) atoms. The third kappa shape index (κ3) is 2.80. The Morgan fingerprint density at radius 2 is 1.57 bits per heavy atom. The van der Waals surface area contributed by atoms with Crippen LogP contribution in [-0.2, 0) is 10.8 Å². The molecule has 0 saturated carbocycles. The molecular formula is C20H30O. The van der Waals surface area contributed by atoms with Crippen LogP contribution in [0.3, 0.4) is 0 Å². The minimum absolute atomic E-state index is 0.164. The van der Waals surface area contributed by atoms with Crippen molar-refractivity contribution in [3.8, 4) is 0 Å². The van der Waals surface area contributed by atoms with Gasteiger partial charge < -0.3 is 0 Å². The fourth-order valence-corrected chi connectivity index (χ4v) is 3.28. The smallest absolute Gasteiger partial charge is 0.168 e. The molecule has 0 radical (unpaired) electrons. The Morgan fingerprint density at radius 1 is 1.05 bits per heavy atom. The minimum Gasteiger partial charge on any atom is -0.294 e. The highest BCUT2D eigenvalue weighted by Crippen LogP contribution is 2.46. The van der Waals surface area contributed by atoms with Crippen LogP contribution in [0.25, 0.3) is 0 Å². The van der Waals surface area contributed by atoms with Gasteiger partial charge in [0.1, 0.15) is 0 Å². The summed E-state index contributed by atoms with van der Waals surface area (Å²) in [5.74, 6) is 0.270. The summed E-state index contributed by atoms with van der Waals surface area (Å²) in [6.07, 6.45) is 3.26. The summed E-state index contributed by atoms with van der Waals surface area (Å²) in [6, 6.07) is 6.42. The van der Waals surface area contributed by atoms with Crippen molar-refractivity contribution in [3.05, 3.63) is 34.9 Å². The molecule has 0 aromatic heterocycles. The number of hydrogen-bond acceptors (Lipinski definition) is 1. The van der Waals surface area contributed by atoms with Crippen LogP contribution >= 0.6 is 0 Å². The maximum atomic E-state index is 12.8. The summed E-state index contributed by atoms with van der Waals surface area (Å²) in [6.45, 7) is 15.4. The second-order valence-corrected chi connectivity index (χ2v) is 8.59. The van der Waals surface area contributed by atoms with Gasteiger partial charge in [0.25, 0.3) is 0 Å². The summed E-state index contributed by atoms with van der Waals surface area (Å²) in [4.78, 5) is 12.8. The van der Waals surface area contributed by atoms with E-state index >= 15 is 0 Å². The average molecular weight is 286 g/mol. The highest BCUT2D eigenvalue weighted by Gasteiger charge is 2.38. The second-order valence-electron chi connectivity index (χ2n) is 8.59. The van der Waals surface area contributed by atoms with E-state index in [4.69, 9.17) is 0 Å². The van der Waals surface area contributed by atoms with Crippen molar-refractivity contribution in [2.24, 2.45) is 5.41 Å². The molecule has 0 spiro atoms. The van der Waals surface area contributed by atoms with E-state index < -0.39 is 0 Å². The summed E-state index contributed by atoms with van der Waals surface area (Å²) < 4.78 is 0. The first-order valence-corrected chi connectivity index (χ1v) is 8.21. The molecule has 1 aromatic carbocycles. The van der Waals surface area contributed by atoms with Crippen molar-refractivity contribution in [2.45, 2.75) is 78.6 Å². The fraction of sp³-hybridized carbons (Fsp3) is 0.650. The highest BCUT2D eigenvalue weighted by atomic mass is 16.1. The van der Waals surface area contributed by atoms with Gasteiger partial charge in [-0.25, -0.2) is 0 Å². The zero-order valence-corrected chi connectivity index (χ0v) is 14.8. The number of benzene rings is 1. The SMILES string of the molecule is CCC(C)(C)C(=O)c1ccc2c(c1)C(C)(C)CCC2(C)C. The van der Waals surface area contributed by atoms with Gasteiger partial charge >= 0.3 is 0 Å². The number of hydrogen-bond donors (Lipinski definition) is 0. The van der Waals surface area contributed by atoms with Crippen molar-refractivity contribution in [3.63, 3.8) is 0 Å². The van der Waals surface area contributed by atoms with Crippen LogP contribution < -0.4 is 0 Å². The number of carbonyl (C=O) groups is 1. The van der Waals surface area contributed by atoms with Gasteiger partial charge in [-0.1, -0.05) is 60.6 Å². The van der Waals surface area contributed by atoms with Crippen LogP contribution in [0.2, 0.25) is 0 Å². The van der Waals surface area contributed by atoms with Gasteiger partial charge in [-0.05, 0) is 47.3 Å². The molecule has 0 heterocycles. The highest BCUT2D eigenvalue weighted by molar-refractivity contribution is 6.00. The van der Waals surface area contributed by atoms with E-state index in [0.717, 1.165) is 12.0 Å². The summed E-state index contributed by atoms with van der Waals surface area (Å²) in [5.41, 5.74) is 3.78. The fourth-order valence-electron chi connectivity index (χ4n) is 3.28. The molecule has 1 aliphatic carbocycles. The van der Waals surface area contributed by atoms with Crippen LogP contribution in [0.4, 0.5) is 0 Å². The van der Waals surface area contributed by atoms with Gasteiger partial charge in [-0.3, -0.25) is 4.79 Å². The number of carbonyl (C=O) groups excluding carboxylic acids is 1. The lowest BCUT2D eigenvalue weighted by molar-refractivity contribution is 0.0832. The standard InChI is InChI=1S/C20H30O/c1-8-18(2,3)17(21)14-9-10-15-16(13-14)20(6,7)12-11-19(15,4)5/h9-10,13H,8,11-12H2,1-7H3. The van der Waals surface area contributed by atoms with Crippen molar-refractivity contribution >= 4 is 5.78 Å². The van der Waals surface area contributed by atoms with Gasteiger partial charge in [0.15, 0.2) is 5.78 Å². The van der Waals surface area contributed by atoms with E-state index in [9.17, 15) is 4.79 Å². The lowest BCUT2D eigenvalue weighted by Crippen LogP contribution is -2.34. The van der Waals surface area contributed by atoms with Crippen molar-refractivity contribution < 1.29 is 4.79 Å². The van der Waals surface area contributed by atoms with E-state index in [1.165, 1.54) is 24.0 Å². The Balaban J connectivity index is 2.54. The number of ketones is 1. The molecular weight excluding hydrogens is 256 g/mol. The maximum absolute atomic E-state index is 12.8. The van der Waals surface area contributed by atoms with Gasteiger partial charge in [0.2, 0.25) is 0 Å². The molecule has 1 heteroatoms. The molecule has 0 fully saturated rings. The molecule has 0 N–H and O–H groups in total. The maximum Gasteiger partial charge on any atom is 0.168 e. The summed E-state index contributed by atoms with van der Waals surface area (Å²) in [7, 11) is 0. The first kappa shape index (κ1) is 16.3. The molecule has 1 aliphatic rings. The monoisotopic (exact) mass is 286 g/mol. The molecule has 116 valence electrons. The quantitative estimate of drug-likeness (QED) is 0.656. The normalized spacial score (nSPS) is 20.0. The Labute approximate surface area is 130 Å². The topological polar surface area (TPSA) is 17.1 Å². The number of Topliss-reactive ketones (excluding diaryl/α,β-unsaturated/α-hetero) is 1. The molecule has 2 rings (SSSR count). The van der Waals surface area contributed by atoms with Crippen LogP contribution in [0.15, 0.2) is 18.2 Å². The summed E-state index contributed by atoms with van der Waals surface area (Å²) >= 11 is 0. The van der Waals surface area contributed by atoms with Gasteiger partial charge in [-0.15, -0.1) is 0 Å². The molecule has 0 amide bonds. The van der Waals surface area contributed by atoms with Crippen LogP contribution in [-0.4, -0.2) is 5.78 Å². The predicted octanol–water partition coefficient (Wildman–Crippen LogP) is 5.65. The minimum atomic E-state index is -0.275. The first-order chi connectivity index (χ1) is 9.51. The third-order valence-electron chi connectivity index (χ3n) is 5.61. The van der Waals surface area contributed by atoms with E-state index in [1.807, 2.05) is 19.9 Å². The lowest BCUT2D eigenvalue weighted by atomic mass is 9.62. The number of rotatable bonds is 3. The van der Waals surface area contributed by atoms with Crippen LogP contribution in [0.1, 0.15) is 89.2 Å². The largest absolute Gasteiger partial charge is 0.294 e. The van der Waals surface area contributed by atoms with E-state index in [2.05, 4.69) is 46.8 Å². The van der Waals surface area contributed by atoms with Crippen molar-refractivity contribution in [1.29, 1.82) is 0 Å².